The minimum atomic E-state index is -1.08. The van der Waals surface area contributed by atoms with E-state index >= 15 is 0 Å². The summed E-state index contributed by atoms with van der Waals surface area (Å²) >= 11 is 0. The lowest BCUT2D eigenvalue weighted by Gasteiger charge is -2.36. The number of rotatable bonds is 6. The molecule has 8 heteroatoms. The fourth-order valence-electron chi connectivity index (χ4n) is 5.44. The highest BCUT2D eigenvalue weighted by molar-refractivity contribution is 6.07. The van der Waals surface area contributed by atoms with Crippen LogP contribution in [0.4, 0.5) is 10.6 Å². The van der Waals surface area contributed by atoms with Crippen molar-refractivity contribution in [2.75, 3.05) is 31.1 Å². The van der Waals surface area contributed by atoms with Gasteiger partial charge in [0.2, 0.25) is 0 Å². The van der Waals surface area contributed by atoms with Crippen LogP contribution in [0.1, 0.15) is 77.9 Å². The van der Waals surface area contributed by atoms with Gasteiger partial charge in [-0.25, -0.2) is 9.78 Å². The molecule has 0 spiro atoms. The third-order valence-corrected chi connectivity index (χ3v) is 7.95. The Kier molecular flexibility index (Phi) is 5.27. The average Bonchev–Trinajstić information content (AvgIpc) is 3.81. The zero-order valence-corrected chi connectivity index (χ0v) is 20.0. The summed E-state index contributed by atoms with van der Waals surface area (Å²) in [5.41, 5.74) is 2.98. The van der Waals surface area contributed by atoms with Gasteiger partial charge in [0.25, 0.3) is 11.8 Å². The topological polar surface area (TPSA) is 94.6 Å². The summed E-state index contributed by atoms with van der Waals surface area (Å²) in [5, 5.41) is 5.06. The van der Waals surface area contributed by atoms with Gasteiger partial charge in [0.15, 0.2) is 0 Å². The molecule has 0 radical (unpaired) electrons. The van der Waals surface area contributed by atoms with Crippen LogP contribution >= 0.6 is 0 Å². The smallest absolute Gasteiger partial charge is 0.322 e. The number of amides is 4. The van der Waals surface area contributed by atoms with Crippen LogP contribution in [-0.4, -0.2) is 53.9 Å². The van der Waals surface area contributed by atoms with E-state index in [0.717, 1.165) is 18.9 Å². The number of nitrogens with one attached hydrogen (secondary N) is 2. The highest BCUT2D eigenvalue weighted by Crippen LogP contribution is 2.47. The van der Waals surface area contributed by atoms with E-state index in [2.05, 4.69) is 27.8 Å². The first-order valence-corrected chi connectivity index (χ1v) is 12.8. The van der Waals surface area contributed by atoms with Crippen molar-refractivity contribution in [1.29, 1.82) is 0 Å². The maximum Gasteiger partial charge on any atom is 0.322 e. The standard InChI is InChI=1S/C27H31N5O3/c1-2-27(25(34)29-26(35)30-27)21-9-7-19(8-10-21)24(33)32-13-11-31(12-14-32)23-22(18-5-6-18)15-20(16-28-23)17-3-4-17/h7-10,15-18H,2-6,11-14H2,1H3,(H2,29,30,34,35)/t27-/m0/s1. The van der Waals surface area contributed by atoms with Gasteiger partial charge in [-0.3, -0.25) is 14.9 Å². The van der Waals surface area contributed by atoms with Crippen LogP contribution in [0.25, 0.3) is 0 Å². The summed E-state index contributed by atoms with van der Waals surface area (Å²) in [4.78, 5) is 46.4. The number of benzene rings is 1. The van der Waals surface area contributed by atoms with Crippen molar-refractivity contribution in [3.63, 3.8) is 0 Å². The van der Waals surface area contributed by atoms with Crippen LogP contribution < -0.4 is 15.5 Å². The van der Waals surface area contributed by atoms with Gasteiger partial charge in [-0.2, -0.15) is 0 Å². The zero-order chi connectivity index (χ0) is 24.2. The molecule has 1 atom stereocenters. The number of carbonyl (C=O) groups is 3. The molecule has 3 heterocycles. The summed E-state index contributed by atoms with van der Waals surface area (Å²) in [6.45, 7) is 4.68. The number of urea groups is 1. The summed E-state index contributed by atoms with van der Waals surface area (Å²) in [6.07, 6.45) is 7.57. The Morgan fingerprint density at radius 1 is 1.03 bits per heavy atom. The summed E-state index contributed by atoms with van der Waals surface area (Å²) in [6, 6.07) is 8.95. The molecule has 1 aromatic heterocycles. The minimum absolute atomic E-state index is 0.0129. The molecule has 2 saturated carbocycles. The Morgan fingerprint density at radius 2 is 1.71 bits per heavy atom. The van der Waals surface area contributed by atoms with Gasteiger partial charge in [-0.1, -0.05) is 25.1 Å². The maximum atomic E-state index is 13.2. The number of anilines is 1. The number of hydrogen-bond acceptors (Lipinski definition) is 5. The molecular formula is C27H31N5O3. The third kappa shape index (κ3) is 3.94. The Hall–Kier alpha value is -3.42. The van der Waals surface area contributed by atoms with Crippen molar-refractivity contribution in [2.24, 2.45) is 0 Å². The second-order valence-electron chi connectivity index (χ2n) is 10.3. The predicted octanol–water partition coefficient (Wildman–Crippen LogP) is 3.24. The lowest BCUT2D eigenvalue weighted by molar-refractivity contribution is -0.124. The predicted molar refractivity (Wildman–Crippen MR) is 131 cm³/mol. The SMILES string of the molecule is CC[C@@]1(c2ccc(C(=O)N3CCN(c4ncc(C5CC5)cc4C4CC4)CC3)cc2)NC(=O)NC1=O. The molecular weight excluding hydrogens is 442 g/mol. The van der Waals surface area contributed by atoms with E-state index in [9.17, 15) is 14.4 Å². The molecule has 2 aliphatic carbocycles. The number of aromatic nitrogens is 1. The first kappa shape index (κ1) is 22.1. The van der Waals surface area contributed by atoms with E-state index in [-0.39, 0.29) is 11.8 Å². The Balaban J connectivity index is 1.13. The quantitative estimate of drug-likeness (QED) is 0.628. The highest BCUT2D eigenvalue weighted by Gasteiger charge is 2.46. The lowest BCUT2D eigenvalue weighted by Crippen LogP contribution is -2.49. The van der Waals surface area contributed by atoms with Crippen LogP contribution in [0.3, 0.4) is 0 Å². The van der Waals surface area contributed by atoms with Crippen LogP contribution in [0.5, 0.6) is 0 Å². The molecule has 2 N–H and O–H groups in total. The van der Waals surface area contributed by atoms with Crippen LogP contribution in [0.2, 0.25) is 0 Å². The second-order valence-corrected chi connectivity index (χ2v) is 10.3. The van der Waals surface area contributed by atoms with Crippen LogP contribution in [-0.2, 0) is 10.3 Å². The molecule has 8 nitrogen and oxygen atoms in total. The van der Waals surface area contributed by atoms with Crippen molar-refractivity contribution in [3.05, 3.63) is 58.8 Å². The number of carbonyl (C=O) groups excluding carboxylic acids is 3. The molecule has 182 valence electrons. The summed E-state index contributed by atoms with van der Waals surface area (Å²) in [5.74, 6) is 2.09. The third-order valence-electron chi connectivity index (χ3n) is 7.95. The van der Waals surface area contributed by atoms with Crippen molar-refractivity contribution < 1.29 is 14.4 Å². The van der Waals surface area contributed by atoms with Crippen LogP contribution in [0.15, 0.2) is 36.5 Å². The van der Waals surface area contributed by atoms with Crippen LogP contribution in [0, 0.1) is 0 Å². The summed E-state index contributed by atoms with van der Waals surface area (Å²) < 4.78 is 0. The molecule has 1 aromatic carbocycles. The Bertz CT molecular complexity index is 1180. The van der Waals surface area contributed by atoms with E-state index in [4.69, 9.17) is 4.98 Å². The molecule has 2 saturated heterocycles. The minimum Gasteiger partial charge on any atom is -0.353 e. The largest absolute Gasteiger partial charge is 0.353 e. The molecule has 4 fully saturated rings. The van der Waals surface area contributed by atoms with Gasteiger partial charge in [-0.05, 0) is 72.8 Å². The Labute approximate surface area is 205 Å². The van der Waals surface area contributed by atoms with E-state index in [1.54, 1.807) is 24.3 Å². The van der Waals surface area contributed by atoms with Crippen molar-refractivity contribution in [2.45, 2.75) is 56.4 Å². The molecule has 0 bridgehead atoms. The highest BCUT2D eigenvalue weighted by atomic mass is 16.2. The first-order valence-electron chi connectivity index (χ1n) is 12.8. The van der Waals surface area contributed by atoms with E-state index in [1.807, 2.05) is 11.8 Å². The van der Waals surface area contributed by atoms with Gasteiger partial charge < -0.3 is 15.1 Å². The molecule has 0 unspecified atom stereocenters. The van der Waals surface area contributed by atoms with Gasteiger partial charge in [0.05, 0.1) is 0 Å². The van der Waals surface area contributed by atoms with Gasteiger partial charge in [-0.15, -0.1) is 0 Å². The maximum absolute atomic E-state index is 13.2. The Morgan fingerprint density at radius 3 is 2.29 bits per heavy atom. The van der Waals surface area contributed by atoms with E-state index < -0.39 is 11.6 Å². The molecule has 2 aromatic rings. The van der Waals surface area contributed by atoms with Gasteiger partial charge in [0, 0.05) is 37.9 Å². The van der Waals surface area contributed by atoms with E-state index in [1.165, 1.54) is 36.8 Å². The molecule has 35 heavy (non-hydrogen) atoms. The van der Waals surface area contributed by atoms with Gasteiger partial charge >= 0.3 is 6.03 Å². The van der Waals surface area contributed by atoms with Crippen molar-refractivity contribution >= 4 is 23.7 Å². The first-order chi connectivity index (χ1) is 17.0. The molecule has 2 aliphatic heterocycles. The molecule has 4 amide bonds. The van der Waals surface area contributed by atoms with Crippen molar-refractivity contribution in [3.8, 4) is 0 Å². The van der Waals surface area contributed by atoms with E-state index in [0.29, 0.717) is 42.5 Å². The normalized spacial score (nSPS) is 24.4. The number of nitrogens with zero attached hydrogens (tertiary/aromatic N) is 3. The average molecular weight is 474 g/mol. The van der Waals surface area contributed by atoms with Crippen molar-refractivity contribution in [1.82, 2.24) is 20.5 Å². The van der Waals surface area contributed by atoms with Gasteiger partial charge in [0.1, 0.15) is 11.4 Å². The number of hydrogen-bond donors (Lipinski definition) is 2. The molecule has 6 rings (SSSR count). The number of imide groups is 1. The lowest BCUT2D eigenvalue weighted by atomic mass is 9.87. The second kappa shape index (κ2) is 8.36. The number of piperazine rings is 1. The monoisotopic (exact) mass is 473 g/mol. The fraction of sp³-hybridized carbons (Fsp3) is 0.481. The zero-order valence-electron chi connectivity index (χ0n) is 20.0. The summed E-state index contributed by atoms with van der Waals surface area (Å²) in [7, 11) is 0. The molecule has 4 aliphatic rings. The fourth-order valence-corrected chi connectivity index (χ4v) is 5.44. The number of pyridine rings is 1.